The molecule has 3 heterocycles. The number of nitrogens with zero attached hydrogens (tertiary/aromatic N) is 3. The number of anilines is 1. The molecule has 0 bridgehead atoms. The molecule has 2 fully saturated rings. The third-order valence-corrected chi connectivity index (χ3v) is 6.00. The third kappa shape index (κ3) is 3.22. The largest absolute Gasteiger partial charge is 0.341 e. The topological polar surface area (TPSA) is 60.9 Å². The molecular weight excluding hydrogens is 342 g/mol. The second kappa shape index (κ2) is 6.98. The van der Waals surface area contributed by atoms with Gasteiger partial charge in [0, 0.05) is 19.6 Å². The number of fused-ring (bicyclic) bond motifs is 2. The Morgan fingerprint density at radius 2 is 1.81 bits per heavy atom. The second-order valence-corrected chi connectivity index (χ2v) is 8.34. The van der Waals surface area contributed by atoms with Gasteiger partial charge in [0.05, 0.1) is 11.3 Å². The highest BCUT2D eigenvalue weighted by molar-refractivity contribution is 6.12. The van der Waals surface area contributed by atoms with Crippen molar-refractivity contribution in [3.05, 3.63) is 29.8 Å². The number of carbonyl (C=O) groups excluding carboxylic acids is 3. The van der Waals surface area contributed by atoms with Gasteiger partial charge in [-0.3, -0.25) is 14.4 Å². The standard InChI is InChI=1S/C21H27N3O3/c1-14-10-15(2)12-22(11-14)19(25)13-24-17-7-4-3-6-16(17)20(26)23-9-5-8-18(23)21(24)27/h3-4,6-7,14-15,18H,5,8-13H2,1-2H3/t14-,15+,18-/m0/s1. The quantitative estimate of drug-likeness (QED) is 0.802. The molecule has 27 heavy (non-hydrogen) atoms. The molecule has 1 aromatic rings. The molecule has 4 rings (SSSR count). The van der Waals surface area contributed by atoms with E-state index in [9.17, 15) is 14.4 Å². The van der Waals surface area contributed by atoms with Crippen molar-refractivity contribution in [1.82, 2.24) is 9.80 Å². The summed E-state index contributed by atoms with van der Waals surface area (Å²) in [6.07, 6.45) is 2.62. The van der Waals surface area contributed by atoms with Crippen molar-refractivity contribution >= 4 is 23.4 Å². The lowest BCUT2D eigenvalue weighted by Crippen LogP contribution is -2.51. The van der Waals surface area contributed by atoms with E-state index < -0.39 is 6.04 Å². The van der Waals surface area contributed by atoms with Gasteiger partial charge in [0.2, 0.25) is 11.8 Å². The van der Waals surface area contributed by atoms with Crippen LogP contribution in [0.15, 0.2) is 24.3 Å². The van der Waals surface area contributed by atoms with Crippen molar-refractivity contribution in [2.24, 2.45) is 11.8 Å². The third-order valence-electron chi connectivity index (χ3n) is 6.00. The summed E-state index contributed by atoms with van der Waals surface area (Å²) in [6, 6.07) is 6.72. The molecule has 3 aliphatic rings. The number of piperidine rings is 1. The number of benzene rings is 1. The van der Waals surface area contributed by atoms with Crippen molar-refractivity contribution in [2.45, 2.75) is 39.2 Å². The molecule has 2 saturated heterocycles. The van der Waals surface area contributed by atoms with Crippen LogP contribution in [0, 0.1) is 11.8 Å². The fourth-order valence-corrected chi connectivity index (χ4v) is 4.87. The summed E-state index contributed by atoms with van der Waals surface area (Å²) in [5, 5.41) is 0. The molecule has 3 atom stereocenters. The minimum Gasteiger partial charge on any atom is -0.341 e. The smallest absolute Gasteiger partial charge is 0.256 e. The monoisotopic (exact) mass is 369 g/mol. The van der Waals surface area contributed by atoms with Gasteiger partial charge in [-0.25, -0.2) is 0 Å². The van der Waals surface area contributed by atoms with Crippen LogP contribution in [0.2, 0.25) is 0 Å². The molecule has 0 unspecified atom stereocenters. The maximum Gasteiger partial charge on any atom is 0.256 e. The Bertz CT molecular complexity index is 768. The SMILES string of the molecule is C[C@@H]1C[C@H](C)CN(C(=O)CN2C(=O)[C@@H]3CCCN3C(=O)c3ccccc32)C1. The maximum atomic E-state index is 13.2. The highest BCUT2D eigenvalue weighted by atomic mass is 16.2. The molecular formula is C21H27N3O3. The molecule has 0 aliphatic carbocycles. The first-order chi connectivity index (χ1) is 13.0. The molecule has 0 spiro atoms. The molecule has 6 nitrogen and oxygen atoms in total. The highest BCUT2D eigenvalue weighted by Gasteiger charge is 2.42. The Kier molecular flexibility index (Phi) is 4.66. The van der Waals surface area contributed by atoms with Crippen molar-refractivity contribution in [3.8, 4) is 0 Å². The van der Waals surface area contributed by atoms with Gasteiger partial charge in [-0.15, -0.1) is 0 Å². The summed E-state index contributed by atoms with van der Waals surface area (Å²) in [5.74, 6) is 0.678. The normalized spacial score (nSPS) is 28.1. The first kappa shape index (κ1) is 18.0. The molecule has 3 amide bonds. The molecule has 0 radical (unpaired) electrons. The van der Waals surface area contributed by atoms with E-state index in [0.717, 1.165) is 25.9 Å². The summed E-state index contributed by atoms with van der Waals surface area (Å²) in [4.78, 5) is 44.3. The van der Waals surface area contributed by atoms with Crippen LogP contribution in [0.25, 0.3) is 0 Å². The maximum absolute atomic E-state index is 13.2. The van der Waals surface area contributed by atoms with E-state index in [1.165, 1.54) is 0 Å². The Morgan fingerprint density at radius 3 is 2.56 bits per heavy atom. The average molecular weight is 369 g/mol. The van der Waals surface area contributed by atoms with Crippen LogP contribution in [0.1, 0.15) is 43.5 Å². The first-order valence-electron chi connectivity index (χ1n) is 9.95. The second-order valence-electron chi connectivity index (χ2n) is 8.34. The minimum atomic E-state index is -0.447. The lowest BCUT2D eigenvalue weighted by molar-refractivity contribution is -0.134. The summed E-state index contributed by atoms with van der Waals surface area (Å²) in [7, 11) is 0. The van der Waals surface area contributed by atoms with Gasteiger partial charge in [-0.2, -0.15) is 0 Å². The molecule has 0 aromatic heterocycles. The minimum absolute atomic E-state index is 0.00685. The summed E-state index contributed by atoms with van der Waals surface area (Å²) in [6.45, 7) is 6.41. The number of amides is 3. The van der Waals surface area contributed by atoms with Gasteiger partial charge in [0.25, 0.3) is 5.91 Å². The van der Waals surface area contributed by atoms with E-state index in [1.807, 2.05) is 17.0 Å². The Morgan fingerprint density at radius 1 is 1.11 bits per heavy atom. The fourth-order valence-electron chi connectivity index (χ4n) is 4.87. The molecule has 144 valence electrons. The Labute approximate surface area is 160 Å². The van der Waals surface area contributed by atoms with Crippen LogP contribution >= 0.6 is 0 Å². The predicted molar refractivity (Wildman–Crippen MR) is 102 cm³/mol. The summed E-state index contributed by atoms with van der Waals surface area (Å²) in [5.41, 5.74) is 1.08. The van der Waals surface area contributed by atoms with E-state index in [2.05, 4.69) is 13.8 Å². The Balaban J connectivity index is 1.64. The van der Waals surface area contributed by atoms with Crippen LogP contribution in [0.3, 0.4) is 0 Å². The number of hydrogen-bond acceptors (Lipinski definition) is 3. The van der Waals surface area contributed by atoms with Gasteiger partial charge >= 0.3 is 0 Å². The van der Waals surface area contributed by atoms with Crippen LogP contribution in [0.5, 0.6) is 0 Å². The van der Waals surface area contributed by atoms with Crippen LogP contribution < -0.4 is 4.90 Å². The van der Waals surface area contributed by atoms with Crippen molar-refractivity contribution < 1.29 is 14.4 Å². The molecule has 3 aliphatic heterocycles. The van der Waals surface area contributed by atoms with Gasteiger partial charge in [0.1, 0.15) is 12.6 Å². The highest BCUT2D eigenvalue weighted by Crippen LogP contribution is 2.32. The average Bonchev–Trinajstić information content (AvgIpc) is 3.11. The van der Waals surface area contributed by atoms with Gasteiger partial charge < -0.3 is 14.7 Å². The van der Waals surface area contributed by atoms with Crippen molar-refractivity contribution in [1.29, 1.82) is 0 Å². The van der Waals surface area contributed by atoms with Gasteiger partial charge in [-0.1, -0.05) is 26.0 Å². The zero-order valence-electron chi connectivity index (χ0n) is 16.1. The fraction of sp³-hybridized carbons (Fsp3) is 0.571. The van der Waals surface area contributed by atoms with Crippen molar-refractivity contribution in [3.63, 3.8) is 0 Å². The number of para-hydroxylation sites is 1. The van der Waals surface area contributed by atoms with E-state index >= 15 is 0 Å². The Hall–Kier alpha value is -2.37. The molecule has 6 heteroatoms. The van der Waals surface area contributed by atoms with Gasteiger partial charge in [-0.05, 0) is 43.2 Å². The summed E-state index contributed by atoms with van der Waals surface area (Å²) >= 11 is 0. The molecule has 1 aromatic carbocycles. The zero-order chi connectivity index (χ0) is 19.1. The number of carbonyl (C=O) groups is 3. The lowest BCUT2D eigenvalue weighted by Gasteiger charge is -2.36. The van der Waals surface area contributed by atoms with Crippen molar-refractivity contribution in [2.75, 3.05) is 31.1 Å². The molecule has 0 saturated carbocycles. The van der Waals surface area contributed by atoms with E-state index in [1.54, 1.807) is 21.9 Å². The number of rotatable bonds is 2. The lowest BCUT2D eigenvalue weighted by atomic mass is 9.92. The van der Waals surface area contributed by atoms with Crippen LogP contribution in [-0.4, -0.2) is 59.7 Å². The molecule has 0 N–H and O–H groups in total. The summed E-state index contributed by atoms with van der Waals surface area (Å²) < 4.78 is 0. The van der Waals surface area contributed by atoms with E-state index in [0.29, 0.717) is 36.1 Å². The van der Waals surface area contributed by atoms with Crippen LogP contribution in [0.4, 0.5) is 5.69 Å². The van der Waals surface area contributed by atoms with E-state index in [-0.39, 0.29) is 24.3 Å². The first-order valence-corrected chi connectivity index (χ1v) is 9.95. The van der Waals surface area contributed by atoms with E-state index in [4.69, 9.17) is 0 Å². The van der Waals surface area contributed by atoms with Crippen LogP contribution in [-0.2, 0) is 9.59 Å². The predicted octanol–water partition coefficient (Wildman–Crippen LogP) is 2.14. The number of hydrogen-bond donors (Lipinski definition) is 0. The van der Waals surface area contributed by atoms with Gasteiger partial charge in [0.15, 0.2) is 0 Å². The zero-order valence-corrected chi connectivity index (χ0v) is 16.1. The number of likely N-dealkylation sites (tertiary alicyclic amines) is 1.